The minimum atomic E-state index is -0.330. The number of nitrogens with one attached hydrogen (secondary N) is 1. The maximum atomic E-state index is 12.4. The molecule has 0 aliphatic carbocycles. The van der Waals surface area contributed by atoms with Gasteiger partial charge in [-0.2, -0.15) is 5.10 Å². The highest BCUT2D eigenvalue weighted by Crippen LogP contribution is 2.24. The summed E-state index contributed by atoms with van der Waals surface area (Å²) in [6.45, 7) is 3.87. The average Bonchev–Trinajstić information content (AvgIpc) is 3.06. The molecule has 0 saturated heterocycles. The molecule has 7 heteroatoms. The Kier molecular flexibility index (Phi) is 4.51. The molecule has 24 heavy (non-hydrogen) atoms. The Hall–Kier alpha value is -3.22. The number of carbonyl (C=O) groups excluding carboxylic acids is 1. The molecule has 0 atom stereocenters. The van der Waals surface area contributed by atoms with Gasteiger partial charge in [-0.1, -0.05) is 19.9 Å². The van der Waals surface area contributed by atoms with Gasteiger partial charge in [0.15, 0.2) is 12.1 Å². The molecule has 1 aromatic carbocycles. The van der Waals surface area contributed by atoms with Crippen molar-refractivity contribution >= 4 is 11.6 Å². The lowest BCUT2D eigenvalue weighted by molar-refractivity contribution is 0.102. The van der Waals surface area contributed by atoms with Crippen LogP contribution in [0.2, 0.25) is 0 Å². The van der Waals surface area contributed by atoms with Crippen LogP contribution in [-0.4, -0.2) is 21.1 Å². The largest absolute Gasteiger partial charge is 0.447 e. The first-order valence-corrected chi connectivity index (χ1v) is 7.44. The van der Waals surface area contributed by atoms with Gasteiger partial charge in [0.05, 0.1) is 0 Å². The Morgan fingerprint density at radius 3 is 2.88 bits per heavy atom. The molecular formula is C17H16N4O3. The van der Waals surface area contributed by atoms with Crippen LogP contribution in [0.25, 0.3) is 0 Å². The standard InChI is InChI=1S/C17H16N4O3/c1-11(2)16-15(18-10-23-16)17(22)20-12-5-3-6-13(9-12)24-14-7-4-8-19-21-14/h3-11H,1-2H3,(H,20,22). The quantitative estimate of drug-likeness (QED) is 0.770. The van der Waals surface area contributed by atoms with Crippen LogP contribution in [0.3, 0.4) is 0 Å². The van der Waals surface area contributed by atoms with Crippen LogP contribution >= 0.6 is 0 Å². The molecule has 0 aliphatic heterocycles. The van der Waals surface area contributed by atoms with E-state index in [9.17, 15) is 4.79 Å². The molecule has 2 aromatic heterocycles. The second kappa shape index (κ2) is 6.91. The molecule has 3 aromatic rings. The van der Waals surface area contributed by atoms with Crippen molar-refractivity contribution in [3.05, 3.63) is 60.4 Å². The zero-order chi connectivity index (χ0) is 16.9. The fraction of sp³-hybridized carbons (Fsp3) is 0.176. The van der Waals surface area contributed by atoms with Gasteiger partial charge in [-0.05, 0) is 18.2 Å². The van der Waals surface area contributed by atoms with E-state index >= 15 is 0 Å². The molecular weight excluding hydrogens is 308 g/mol. The topological polar surface area (TPSA) is 90.1 Å². The van der Waals surface area contributed by atoms with E-state index in [2.05, 4.69) is 20.5 Å². The summed E-state index contributed by atoms with van der Waals surface area (Å²) in [6, 6.07) is 10.4. The molecule has 0 aliphatic rings. The fourth-order valence-corrected chi connectivity index (χ4v) is 2.13. The number of ether oxygens (including phenoxy) is 1. The number of carbonyl (C=O) groups is 1. The van der Waals surface area contributed by atoms with Gasteiger partial charge in [-0.3, -0.25) is 4.79 Å². The normalized spacial score (nSPS) is 10.6. The molecule has 7 nitrogen and oxygen atoms in total. The van der Waals surface area contributed by atoms with Crippen LogP contribution in [0.5, 0.6) is 11.6 Å². The predicted molar refractivity (Wildman–Crippen MR) is 87.1 cm³/mol. The van der Waals surface area contributed by atoms with Crippen LogP contribution in [-0.2, 0) is 0 Å². The number of aromatic nitrogens is 3. The molecule has 122 valence electrons. The van der Waals surface area contributed by atoms with Crippen molar-refractivity contribution in [2.45, 2.75) is 19.8 Å². The van der Waals surface area contributed by atoms with Crippen LogP contribution in [0.4, 0.5) is 5.69 Å². The van der Waals surface area contributed by atoms with E-state index in [-0.39, 0.29) is 17.5 Å². The summed E-state index contributed by atoms with van der Waals surface area (Å²) in [5.41, 5.74) is 0.865. The maximum absolute atomic E-state index is 12.4. The molecule has 1 N–H and O–H groups in total. The van der Waals surface area contributed by atoms with Crippen molar-refractivity contribution in [1.29, 1.82) is 0 Å². The first-order chi connectivity index (χ1) is 11.6. The van der Waals surface area contributed by atoms with Crippen LogP contribution in [0.1, 0.15) is 36.0 Å². The molecule has 0 bridgehead atoms. The SMILES string of the molecule is CC(C)c1ocnc1C(=O)Nc1cccc(Oc2cccnn2)c1. The number of nitrogens with zero attached hydrogens (tertiary/aromatic N) is 3. The maximum Gasteiger partial charge on any atom is 0.277 e. The second-order valence-electron chi connectivity index (χ2n) is 5.37. The Morgan fingerprint density at radius 2 is 2.12 bits per heavy atom. The van der Waals surface area contributed by atoms with Gasteiger partial charge >= 0.3 is 0 Å². The number of oxazole rings is 1. The molecule has 1 amide bonds. The van der Waals surface area contributed by atoms with E-state index in [1.54, 1.807) is 42.6 Å². The fourth-order valence-electron chi connectivity index (χ4n) is 2.13. The Bertz CT molecular complexity index is 831. The second-order valence-corrected chi connectivity index (χ2v) is 5.37. The summed E-state index contributed by atoms with van der Waals surface area (Å²) in [4.78, 5) is 16.4. The van der Waals surface area contributed by atoms with Crippen LogP contribution < -0.4 is 10.1 Å². The average molecular weight is 324 g/mol. The van der Waals surface area contributed by atoms with E-state index in [4.69, 9.17) is 9.15 Å². The van der Waals surface area contributed by atoms with Gasteiger partial charge in [-0.25, -0.2) is 4.98 Å². The number of anilines is 1. The molecule has 0 radical (unpaired) electrons. The van der Waals surface area contributed by atoms with Crippen molar-refractivity contribution in [2.75, 3.05) is 5.32 Å². The highest BCUT2D eigenvalue weighted by atomic mass is 16.5. The lowest BCUT2D eigenvalue weighted by atomic mass is 10.1. The lowest BCUT2D eigenvalue weighted by Gasteiger charge is -2.08. The van der Waals surface area contributed by atoms with Crippen LogP contribution in [0, 0.1) is 0 Å². The minimum Gasteiger partial charge on any atom is -0.447 e. The minimum absolute atomic E-state index is 0.0690. The summed E-state index contributed by atoms with van der Waals surface area (Å²) in [5.74, 6) is 1.21. The van der Waals surface area contributed by atoms with Gasteiger partial charge in [0.25, 0.3) is 5.91 Å². The number of benzene rings is 1. The molecule has 0 fully saturated rings. The molecule has 0 unspecified atom stereocenters. The van der Waals surface area contributed by atoms with Gasteiger partial charge in [0, 0.05) is 29.9 Å². The number of hydrogen-bond donors (Lipinski definition) is 1. The van der Waals surface area contributed by atoms with Gasteiger partial charge in [0.1, 0.15) is 11.5 Å². The van der Waals surface area contributed by atoms with Crippen LogP contribution in [0.15, 0.2) is 53.4 Å². The van der Waals surface area contributed by atoms with Crippen molar-refractivity contribution in [3.63, 3.8) is 0 Å². The van der Waals surface area contributed by atoms with Crippen molar-refractivity contribution in [3.8, 4) is 11.6 Å². The third-order valence-corrected chi connectivity index (χ3v) is 3.20. The van der Waals surface area contributed by atoms with Gasteiger partial charge < -0.3 is 14.5 Å². The number of hydrogen-bond acceptors (Lipinski definition) is 6. The van der Waals surface area contributed by atoms with Gasteiger partial charge in [0.2, 0.25) is 5.88 Å². The third-order valence-electron chi connectivity index (χ3n) is 3.20. The predicted octanol–water partition coefficient (Wildman–Crippen LogP) is 3.63. The Balaban J connectivity index is 1.75. The molecule has 2 heterocycles. The Labute approximate surface area is 138 Å². The molecule has 0 saturated carbocycles. The first-order valence-electron chi connectivity index (χ1n) is 7.44. The van der Waals surface area contributed by atoms with E-state index in [1.165, 1.54) is 6.39 Å². The number of amides is 1. The van der Waals surface area contributed by atoms with Crippen molar-refractivity contribution in [2.24, 2.45) is 0 Å². The van der Waals surface area contributed by atoms with E-state index in [1.807, 2.05) is 13.8 Å². The monoisotopic (exact) mass is 324 g/mol. The Morgan fingerprint density at radius 1 is 1.25 bits per heavy atom. The zero-order valence-corrected chi connectivity index (χ0v) is 13.3. The third kappa shape index (κ3) is 3.57. The smallest absolute Gasteiger partial charge is 0.277 e. The van der Waals surface area contributed by atoms with Gasteiger partial charge in [-0.15, -0.1) is 5.10 Å². The van der Waals surface area contributed by atoms with E-state index in [0.717, 1.165) is 0 Å². The first kappa shape index (κ1) is 15.7. The van der Waals surface area contributed by atoms with E-state index < -0.39 is 0 Å². The lowest BCUT2D eigenvalue weighted by Crippen LogP contribution is -2.14. The highest BCUT2D eigenvalue weighted by Gasteiger charge is 2.19. The summed E-state index contributed by atoms with van der Waals surface area (Å²) in [7, 11) is 0. The van der Waals surface area contributed by atoms with E-state index in [0.29, 0.717) is 23.1 Å². The summed E-state index contributed by atoms with van der Waals surface area (Å²) in [6.07, 6.45) is 2.84. The highest BCUT2D eigenvalue weighted by molar-refractivity contribution is 6.03. The van der Waals surface area contributed by atoms with Crippen molar-refractivity contribution < 1.29 is 13.9 Å². The summed E-state index contributed by atoms with van der Waals surface area (Å²) in [5, 5.41) is 10.4. The number of rotatable bonds is 5. The zero-order valence-electron chi connectivity index (χ0n) is 13.3. The summed E-state index contributed by atoms with van der Waals surface area (Å²) < 4.78 is 10.9. The summed E-state index contributed by atoms with van der Waals surface area (Å²) >= 11 is 0. The van der Waals surface area contributed by atoms with Crippen molar-refractivity contribution in [1.82, 2.24) is 15.2 Å². The molecule has 3 rings (SSSR count). The molecule has 0 spiro atoms.